The number of allylic oxidation sites excluding steroid dienone is 2. The number of ether oxygens (including phenoxy) is 1. The number of nitrogens with zero attached hydrogens (tertiary/aromatic N) is 1. The minimum absolute atomic E-state index is 0.625. The number of rotatable bonds is 6. The summed E-state index contributed by atoms with van der Waals surface area (Å²) in [5.41, 5.74) is 2.16. The normalized spacial score (nSPS) is 21.9. The van der Waals surface area contributed by atoms with Gasteiger partial charge in [0.2, 0.25) is 0 Å². The molecule has 1 heterocycles. The molecular weight excluding hydrogens is 248 g/mol. The minimum Gasteiger partial charge on any atom is -0.493 e. The van der Waals surface area contributed by atoms with Crippen LogP contribution >= 0.6 is 0 Å². The van der Waals surface area contributed by atoms with Gasteiger partial charge in [0, 0.05) is 30.1 Å². The summed E-state index contributed by atoms with van der Waals surface area (Å²) in [7, 11) is 0. The molecule has 0 spiro atoms. The van der Waals surface area contributed by atoms with Crippen molar-refractivity contribution in [2.75, 3.05) is 13.2 Å². The van der Waals surface area contributed by atoms with Crippen molar-refractivity contribution in [3.63, 3.8) is 0 Å². The van der Waals surface area contributed by atoms with E-state index in [1.54, 1.807) is 0 Å². The zero-order valence-corrected chi connectivity index (χ0v) is 12.9. The monoisotopic (exact) mass is 274 g/mol. The SMILES string of the molecule is CCNCc1cnc(C)cc1OCC1CC=CCC1C. The Labute approximate surface area is 122 Å². The summed E-state index contributed by atoms with van der Waals surface area (Å²) in [4.78, 5) is 4.37. The molecule has 0 aliphatic heterocycles. The van der Waals surface area contributed by atoms with Crippen LogP contribution in [-0.2, 0) is 6.54 Å². The Hall–Kier alpha value is -1.35. The third kappa shape index (κ3) is 4.07. The first-order chi connectivity index (χ1) is 9.70. The summed E-state index contributed by atoms with van der Waals surface area (Å²) >= 11 is 0. The van der Waals surface area contributed by atoms with Crippen molar-refractivity contribution in [1.82, 2.24) is 10.3 Å². The number of aryl methyl sites for hydroxylation is 1. The van der Waals surface area contributed by atoms with Crippen LogP contribution in [0.3, 0.4) is 0 Å². The highest BCUT2D eigenvalue weighted by molar-refractivity contribution is 5.32. The van der Waals surface area contributed by atoms with Gasteiger partial charge in [0.25, 0.3) is 0 Å². The smallest absolute Gasteiger partial charge is 0.127 e. The third-order valence-electron chi connectivity index (χ3n) is 4.02. The second kappa shape index (κ2) is 7.44. The summed E-state index contributed by atoms with van der Waals surface area (Å²) in [6, 6.07) is 2.05. The first-order valence-corrected chi connectivity index (χ1v) is 7.64. The Morgan fingerprint density at radius 2 is 2.15 bits per heavy atom. The lowest BCUT2D eigenvalue weighted by Gasteiger charge is -2.25. The van der Waals surface area contributed by atoms with Crippen LogP contribution in [0.1, 0.15) is 37.9 Å². The van der Waals surface area contributed by atoms with Gasteiger partial charge in [-0.1, -0.05) is 26.0 Å². The van der Waals surface area contributed by atoms with Crippen LogP contribution in [0.25, 0.3) is 0 Å². The molecule has 1 aromatic rings. The van der Waals surface area contributed by atoms with E-state index in [-0.39, 0.29) is 0 Å². The van der Waals surface area contributed by atoms with Crippen molar-refractivity contribution < 1.29 is 4.74 Å². The van der Waals surface area contributed by atoms with Crippen LogP contribution in [0, 0.1) is 18.8 Å². The Morgan fingerprint density at radius 3 is 2.90 bits per heavy atom. The molecule has 2 rings (SSSR count). The molecule has 3 heteroatoms. The highest BCUT2D eigenvalue weighted by Crippen LogP contribution is 2.27. The van der Waals surface area contributed by atoms with Crippen LogP contribution in [-0.4, -0.2) is 18.1 Å². The van der Waals surface area contributed by atoms with Crippen molar-refractivity contribution in [2.24, 2.45) is 11.8 Å². The second-order valence-electron chi connectivity index (χ2n) is 5.70. The quantitative estimate of drug-likeness (QED) is 0.806. The van der Waals surface area contributed by atoms with Crippen LogP contribution in [0.2, 0.25) is 0 Å². The molecule has 0 aromatic carbocycles. The molecule has 0 fully saturated rings. The minimum atomic E-state index is 0.625. The largest absolute Gasteiger partial charge is 0.493 e. The van der Waals surface area contributed by atoms with E-state index in [1.807, 2.05) is 13.1 Å². The fourth-order valence-electron chi connectivity index (χ4n) is 2.53. The number of hydrogen-bond donors (Lipinski definition) is 1. The molecule has 0 bridgehead atoms. The van der Waals surface area contributed by atoms with Gasteiger partial charge in [0.05, 0.1) is 6.61 Å². The van der Waals surface area contributed by atoms with Crippen LogP contribution in [0.5, 0.6) is 5.75 Å². The maximum atomic E-state index is 6.11. The highest BCUT2D eigenvalue weighted by Gasteiger charge is 2.19. The van der Waals surface area contributed by atoms with Crippen LogP contribution in [0.4, 0.5) is 0 Å². The Morgan fingerprint density at radius 1 is 1.35 bits per heavy atom. The molecule has 0 saturated heterocycles. The summed E-state index contributed by atoms with van der Waals surface area (Å²) < 4.78 is 6.11. The van der Waals surface area contributed by atoms with Gasteiger partial charge < -0.3 is 10.1 Å². The van der Waals surface area contributed by atoms with E-state index in [0.29, 0.717) is 11.8 Å². The molecule has 1 aliphatic rings. The predicted octanol–water partition coefficient (Wildman–Crippen LogP) is 3.48. The van der Waals surface area contributed by atoms with Crippen molar-refractivity contribution >= 4 is 0 Å². The van der Waals surface area contributed by atoms with Crippen LogP contribution in [0.15, 0.2) is 24.4 Å². The molecule has 110 valence electrons. The first kappa shape index (κ1) is 15.0. The van der Waals surface area contributed by atoms with E-state index in [0.717, 1.165) is 43.1 Å². The Kier molecular flexibility index (Phi) is 5.60. The average Bonchev–Trinajstić information content (AvgIpc) is 2.45. The zero-order valence-electron chi connectivity index (χ0n) is 12.9. The molecule has 2 atom stereocenters. The third-order valence-corrected chi connectivity index (χ3v) is 4.02. The van der Waals surface area contributed by atoms with E-state index >= 15 is 0 Å². The summed E-state index contributed by atoms with van der Waals surface area (Å²) in [5.74, 6) is 2.32. The van der Waals surface area contributed by atoms with E-state index in [1.165, 1.54) is 6.42 Å². The molecule has 20 heavy (non-hydrogen) atoms. The van der Waals surface area contributed by atoms with Crippen molar-refractivity contribution in [2.45, 2.75) is 40.2 Å². The lowest BCUT2D eigenvalue weighted by Crippen LogP contribution is -2.22. The van der Waals surface area contributed by atoms with E-state index in [2.05, 4.69) is 42.4 Å². The predicted molar refractivity (Wildman–Crippen MR) is 82.9 cm³/mol. The van der Waals surface area contributed by atoms with Gasteiger partial charge in [-0.25, -0.2) is 0 Å². The van der Waals surface area contributed by atoms with Gasteiger partial charge in [-0.2, -0.15) is 0 Å². The van der Waals surface area contributed by atoms with Crippen molar-refractivity contribution in [3.05, 3.63) is 35.7 Å². The lowest BCUT2D eigenvalue weighted by atomic mass is 9.85. The van der Waals surface area contributed by atoms with Crippen molar-refractivity contribution in [3.8, 4) is 5.75 Å². The van der Waals surface area contributed by atoms with Gasteiger partial charge in [-0.05, 0) is 38.1 Å². The molecule has 0 radical (unpaired) electrons. The maximum absolute atomic E-state index is 6.11. The maximum Gasteiger partial charge on any atom is 0.127 e. The van der Waals surface area contributed by atoms with Gasteiger partial charge in [0.1, 0.15) is 5.75 Å². The fraction of sp³-hybridized carbons (Fsp3) is 0.588. The van der Waals surface area contributed by atoms with E-state index in [4.69, 9.17) is 4.74 Å². The van der Waals surface area contributed by atoms with Gasteiger partial charge in [0.15, 0.2) is 0 Å². The van der Waals surface area contributed by atoms with Gasteiger partial charge in [-0.3, -0.25) is 4.98 Å². The standard InChI is InChI=1S/C17H26N2O/c1-4-18-10-16-11-19-14(3)9-17(16)20-12-15-8-6-5-7-13(15)2/h5-6,9,11,13,15,18H,4,7-8,10,12H2,1-3H3. The lowest BCUT2D eigenvalue weighted by molar-refractivity contribution is 0.196. The number of aromatic nitrogens is 1. The molecule has 1 aliphatic carbocycles. The highest BCUT2D eigenvalue weighted by atomic mass is 16.5. The second-order valence-corrected chi connectivity index (χ2v) is 5.70. The summed E-state index contributed by atoms with van der Waals surface area (Å²) in [5, 5.41) is 3.34. The fourth-order valence-corrected chi connectivity index (χ4v) is 2.53. The zero-order chi connectivity index (χ0) is 14.4. The molecule has 1 aromatic heterocycles. The average molecular weight is 274 g/mol. The molecule has 1 N–H and O–H groups in total. The molecule has 3 nitrogen and oxygen atoms in total. The molecule has 2 unspecified atom stereocenters. The summed E-state index contributed by atoms with van der Waals surface area (Å²) in [6.45, 7) is 9.01. The summed E-state index contributed by atoms with van der Waals surface area (Å²) in [6.07, 6.45) is 8.80. The van der Waals surface area contributed by atoms with Crippen LogP contribution < -0.4 is 10.1 Å². The number of pyridine rings is 1. The van der Waals surface area contributed by atoms with E-state index in [9.17, 15) is 0 Å². The molecular formula is C17H26N2O. The molecule has 0 amide bonds. The van der Waals surface area contributed by atoms with Crippen molar-refractivity contribution in [1.29, 1.82) is 0 Å². The first-order valence-electron chi connectivity index (χ1n) is 7.64. The Balaban J connectivity index is 2.00. The number of nitrogens with one attached hydrogen (secondary N) is 1. The van der Waals surface area contributed by atoms with Gasteiger partial charge >= 0.3 is 0 Å². The number of hydrogen-bond acceptors (Lipinski definition) is 3. The van der Waals surface area contributed by atoms with E-state index < -0.39 is 0 Å². The Bertz CT molecular complexity index is 456. The van der Waals surface area contributed by atoms with Gasteiger partial charge in [-0.15, -0.1) is 0 Å². The molecule has 0 saturated carbocycles. The topological polar surface area (TPSA) is 34.2 Å².